The third kappa shape index (κ3) is 2.53. The van der Waals surface area contributed by atoms with Crippen molar-refractivity contribution in [2.75, 3.05) is 0 Å². The summed E-state index contributed by atoms with van der Waals surface area (Å²) in [6.45, 7) is 0.613. The van der Waals surface area contributed by atoms with Gasteiger partial charge in [-0.1, -0.05) is 18.2 Å². The first kappa shape index (κ1) is 12.7. The van der Waals surface area contributed by atoms with Gasteiger partial charge in [-0.05, 0) is 30.0 Å². The van der Waals surface area contributed by atoms with Gasteiger partial charge in [-0.3, -0.25) is 15.1 Å². The molecule has 20 heavy (non-hydrogen) atoms. The SMILES string of the molecule is O=[N+]([O-])c1cccc(CNC2CCc3cccnc32)c1. The number of non-ortho nitro benzene ring substituents is 1. The predicted octanol–water partition coefficient (Wildman–Crippen LogP) is 2.77. The monoisotopic (exact) mass is 269 g/mol. The number of nitrogens with one attached hydrogen (secondary N) is 1. The van der Waals surface area contributed by atoms with Crippen molar-refractivity contribution in [2.45, 2.75) is 25.4 Å². The molecule has 1 aliphatic carbocycles. The zero-order valence-corrected chi connectivity index (χ0v) is 11.0. The van der Waals surface area contributed by atoms with Crippen molar-refractivity contribution in [3.63, 3.8) is 0 Å². The van der Waals surface area contributed by atoms with Crippen LogP contribution < -0.4 is 5.32 Å². The summed E-state index contributed by atoms with van der Waals surface area (Å²) in [5.41, 5.74) is 3.46. The molecule has 0 radical (unpaired) electrons. The third-order valence-electron chi connectivity index (χ3n) is 3.63. The summed E-state index contributed by atoms with van der Waals surface area (Å²) in [5.74, 6) is 0. The molecule has 1 N–H and O–H groups in total. The molecule has 0 spiro atoms. The topological polar surface area (TPSA) is 68.1 Å². The van der Waals surface area contributed by atoms with Crippen LogP contribution in [0.15, 0.2) is 42.6 Å². The highest BCUT2D eigenvalue weighted by Crippen LogP contribution is 2.29. The molecular formula is C15H15N3O2. The normalized spacial score (nSPS) is 16.9. The van der Waals surface area contributed by atoms with E-state index in [-0.39, 0.29) is 16.7 Å². The lowest BCUT2D eigenvalue weighted by atomic mass is 10.1. The second-order valence-corrected chi connectivity index (χ2v) is 4.95. The molecule has 0 amide bonds. The third-order valence-corrected chi connectivity index (χ3v) is 3.63. The molecule has 1 heterocycles. The Morgan fingerprint density at radius 3 is 3.10 bits per heavy atom. The second kappa shape index (κ2) is 5.38. The first-order valence-electron chi connectivity index (χ1n) is 6.64. The number of aromatic nitrogens is 1. The van der Waals surface area contributed by atoms with Gasteiger partial charge in [0.15, 0.2) is 0 Å². The fourth-order valence-corrected chi connectivity index (χ4v) is 2.63. The summed E-state index contributed by atoms with van der Waals surface area (Å²) >= 11 is 0. The van der Waals surface area contributed by atoms with E-state index in [2.05, 4.69) is 16.4 Å². The van der Waals surface area contributed by atoms with Crippen LogP contribution >= 0.6 is 0 Å². The summed E-state index contributed by atoms with van der Waals surface area (Å²) in [6, 6.07) is 11.0. The lowest BCUT2D eigenvalue weighted by Crippen LogP contribution is -2.19. The quantitative estimate of drug-likeness (QED) is 0.684. The number of pyridine rings is 1. The van der Waals surface area contributed by atoms with Gasteiger partial charge in [0.1, 0.15) is 0 Å². The van der Waals surface area contributed by atoms with Crippen LogP contribution in [0.25, 0.3) is 0 Å². The summed E-state index contributed by atoms with van der Waals surface area (Å²) in [7, 11) is 0. The fraction of sp³-hybridized carbons (Fsp3) is 0.267. The van der Waals surface area contributed by atoms with Gasteiger partial charge in [0.25, 0.3) is 5.69 Å². The first-order valence-corrected chi connectivity index (χ1v) is 6.64. The van der Waals surface area contributed by atoms with Crippen molar-refractivity contribution >= 4 is 5.69 Å². The molecule has 1 aliphatic rings. The number of nitro groups is 1. The van der Waals surface area contributed by atoms with Gasteiger partial charge in [-0.25, -0.2) is 0 Å². The molecule has 1 aromatic heterocycles. The highest BCUT2D eigenvalue weighted by molar-refractivity contribution is 5.34. The van der Waals surface area contributed by atoms with E-state index >= 15 is 0 Å². The zero-order valence-electron chi connectivity index (χ0n) is 11.0. The van der Waals surface area contributed by atoms with Gasteiger partial charge in [-0.15, -0.1) is 0 Å². The van der Waals surface area contributed by atoms with E-state index < -0.39 is 0 Å². The minimum absolute atomic E-state index is 0.134. The number of fused-ring (bicyclic) bond motifs is 1. The highest BCUT2D eigenvalue weighted by atomic mass is 16.6. The van der Waals surface area contributed by atoms with Crippen LogP contribution in [0.4, 0.5) is 5.69 Å². The van der Waals surface area contributed by atoms with E-state index in [0.717, 1.165) is 24.1 Å². The Bertz CT molecular complexity index is 643. The van der Waals surface area contributed by atoms with Crippen LogP contribution in [0.5, 0.6) is 0 Å². The predicted molar refractivity (Wildman–Crippen MR) is 75.2 cm³/mol. The maximum Gasteiger partial charge on any atom is 0.269 e. The minimum atomic E-state index is -0.365. The van der Waals surface area contributed by atoms with Crippen molar-refractivity contribution in [3.8, 4) is 0 Å². The number of nitrogens with zero attached hydrogens (tertiary/aromatic N) is 2. The maximum absolute atomic E-state index is 10.8. The first-order chi connectivity index (χ1) is 9.74. The molecule has 3 rings (SSSR count). The smallest absolute Gasteiger partial charge is 0.269 e. The molecule has 0 bridgehead atoms. The molecule has 5 nitrogen and oxygen atoms in total. The second-order valence-electron chi connectivity index (χ2n) is 4.95. The van der Waals surface area contributed by atoms with Crippen LogP contribution in [0.2, 0.25) is 0 Å². The Hall–Kier alpha value is -2.27. The lowest BCUT2D eigenvalue weighted by Gasteiger charge is -2.13. The van der Waals surface area contributed by atoms with Crippen LogP contribution in [0, 0.1) is 10.1 Å². The average Bonchev–Trinajstić information content (AvgIpc) is 2.89. The molecule has 0 saturated carbocycles. The average molecular weight is 269 g/mol. The molecular weight excluding hydrogens is 254 g/mol. The van der Waals surface area contributed by atoms with E-state index in [4.69, 9.17) is 0 Å². The van der Waals surface area contributed by atoms with Gasteiger partial charge in [-0.2, -0.15) is 0 Å². The summed E-state index contributed by atoms with van der Waals surface area (Å²) in [4.78, 5) is 14.8. The molecule has 0 saturated heterocycles. The van der Waals surface area contributed by atoms with Crippen molar-refractivity contribution in [1.29, 1.82) is 0 Å². The Labute approximate surface area is 116 Å². The van der Waals surface area contributed by atoms with Crippen LogP contribution in [-0.2, 0) is 13.0 Å². The van der Waals surface area contributed by atoms with Crippen LogP contribution in [-0.4, -0.2) is 9.91 Å². The standard InChI is InChI=1S/C15H15N3O2/c19-18(20)13-5-1-3-11(9-13)10-17-14-7-6-12-4-2-8-16-15(12)14/h1-5,8-9,14,17H,6-7,10H2. The number of benzene rings is 1. The van der Waals surface area contributed by atoms with Gasteiger partial charge < -0.3 is 5.32 Å². The van der Waals surface area contributed by atoms with Gasteiger partial charge in [0.2, 0.25) is 0 Å². The largest absolute Gasteiger partial charge is 0.304 e. The summed E-state index contributed by atoms with van der Waals surface area (Å²) in [6.07, 6.45) is 3.88. The van der Waals surface area contributed by atoms with E-state index in [9.17, 15) is 10.1 Å². The van der Waals surface area contributed by atoms with Gasteiger partial charge in [0.05, 0.1) is 16.7 Å². The maximum atomic E-state index is 10.8. The van der Waals surface area contributed by atoms with Crippen LogP contribution in [0.3, 0.4) is 0 Å². The summed E-state index contributed by atoms with van der Waals surface area (Å²) in [5, 5.41) is 14.2. The molecule has 1 aromatic carbocycles. The molecule has 0 aliphatic heterocycles. The number of aryl methyl sites for hydroxylation is 1. The lowest BCUT2D eigenvalue weighted by molar-refractivity contribution is -0.384. The molecule has 5 heteroatoms. The number of hydrogen-bond donors (Lipinski definition) is 1. The van der Waals surface area contributed by atoms with Crippen molar-refractivity contribution < 1.29 is 4.92 Å². The minimum Gasteiger partial charge on any atom is -0.304 e. The Balaban J connectivity index is 1.69. The number of nitro benzene ring substituents is 1. The van der Waals surface area contributed by atoms with Crippen molar-refractivity contribution in [2.24, 2.45) is 0 Å². The summed E-state index contributed by atoms with van der Waals surface area (Å²) < 4.78 is 0. The van der Waals surface area contributed by atoms with E-state index in [1.165, 1.54) is 11.6 Å². The van der Waals surface area contributed by atoms with Gasteiger partial charge >= 0.3 is 0 Å². The molecule has 1 unspecified atom stereocenters. The molecule has 1 atom stereocenters. The van der Waals surface area contributed by atoms with Crippen molar-refractivity contribution in [3.05, 3.63) is 69.5 Å². The van der Waals surface area contributed by atoms with Crippen molar-refractivity contribution in [1.82, 2.24) is 10.3 Å². The molecule has 0 fully saturated rings. The highest BCUT2D eigenvalue weighted by Gasteiger charge is 2.22. The van der Waals surface area contributed by atoms with Gasteiger partial charge in [0, 0.05) is 24.9 Å². The fourth-order valence-electron chi connectivity index (χ4n) is 2.63. The molecule has 2 aromatic rings. The zero-order chi connectivity index (χ0) is 13.9. The van der Waals surface area contributed by atoms with E-state index in [0.29, 0.717) is 6.54 Å². The van der Waals surface area contributed by atoms with E-state index in [1.54, 1.807) is 12.1 Å². The Morgan fingerprint density at radius 1 is 1.35 bits per heavy atom. The van der Waals surface area contributed by atoms with Crippen LogP contribution in [0.1, 0.15) is 29.3 Å². The number of rotatable bonds is 4. The number of hydrogen-bond acceptors (Lipinski definition) is 4. The Morgan fingerprint density at radius 2 is 2.25 bits per heavy atom. The Kier molecular flexibility index (Phi) is 3.43. The molecule has 102 valence electrons. The van der Waals surface area contributed by atoms with E-state index in [1.807, 2.05) is 18.3 Å².